The molecule has 0 aliphatic heterocycles. The summed E-state index contributed by atoms with van der Waals surface area (Å²) in [5.74, 6) is -0.488. The number of aliphatic hydroxyl groups excluding tert-OH is 1. The Balaban J connectivity index is 3.08. The van der Waals surface area contributed by atoms with Crippen LogP contribution in [-0.4, -0.2) is 23.2 Å². The van der Waals surface area contributed by atoms with Crippen molar-refractivity contribution < 1.29 is 14.6 Å². The zero-order valence-corrected chi connectivity index (χ0v) is 7.57. The van der Waals surface area contributed by atoms with Gasteiger partial charge < -0.3 is 9.84 Å². The summed E-state index contributed by atoms with van der Waals surface area (Å²) in [6.45, 7) is 1.65. The molecule has 0 atom stereocenters. The summed E-state index contributed by atoms with van der Waals surface area (Å²) >= 11 is 0. The van der Waals surface area contributed by atoms with Crippen molar-refractivity contribution in [1.29, 1.82) is 0 Å². The number of aromatic nitrogens is 1. The van der Waals surface area contributed by atoms with E-state index in [9.17, 15) is 4.79 Å². The molecule has 0 aliphatic rings. The highest BCUT2D eigenvalue weighted by Gasteiger charge is 2.08. The van der Waals surface area contributed by atoms with E-state index in [-0.39, 0.29) is 12.3 Å². The standard InChI is InChI=1S/C9H11NO3/c1-6-3-7(5-11)10-8(4-6)9(12)13-2/h3-4,11H,5H2,1-2H3. The Morgan fingerprint density at radius 2 is 2.31 bits per heavy atom. The number of aliphatic hydroxyl groups is 1. The van der Waals surface area contributed by atoms with Gasteiger partial charge in [0.05, 0.1) is 19.4 Å². The Morgan fingerprint density at radius 3 is 2.85 bits per heavy atom. The van der Waals surface area contributed by atoms with Crippen molar-refractivity contribution in [2.75, 3.05) is 7.11 Å². The highest BCUT2D eigenvalue weighted by Crippen LogP contribution is 2.06. The number of ether oxygens (including phenoxy) is 1. The summed E-state index contributed by atoms with van der Waals surface area (Å²) in [6.07, 6.45) is 0. The van der Waals surface area contributed by atoms with E-state index in [0.717, 1.165) is 5.56 Å². The lowest BCUT2D eigenvalue weighted by atomic mass is 10.2. The molecule has 0 fully saturated rings. The number of hydrogen-bond donors (Lipinski definition) is 1. The molecule has 0 saturated carbocycles. The zero-order chi connectivity index (χ0) is 9.84. The molecule has 13 heavy (non-hydrogen) atoms. The van der Waals surface area contributed by atoms with Crippen LogP contribution in [0.4, 0.5) is 0 Å². The Kier molecular flexibility index (Phi) is 2.97. The second-order valence-electron chi connectivity index (χ2n) is 2.67. The maximum absolute atomic E-state index is 11.1. The molecule has 1 N–H and O–H groups in total. The first-order chi connectivity index (χ1) is 6.17. The van der Waals surface area contributed by atoms with Gasteiger partial charge in [0.1, 0.15) is 5.69 Å². The Morgan fingerprint density at radius 1 is 1.62 bits per heavy atom. The fraction of sp³-hybridized carbons (Fsp3) is 0.333. The Bertz CT molecular complexity index is 323. The topological polar surface area (TPSA) is 59.4 Å². The molecule has 0 aliphatic carbocycles. The van der Waals surface area contributed by atoms with Gasteiger partial charge in [-0.1, -0.05) is 0 Å². The average Bonchev–Trinajstić information content (AvgIpc) is 2.15. The van der Waals surface area contributed by atoms with Crippen molar-refractivity contribution in [3.05, 3.63) is 29.1 Å². The number of carbonyl (C=O) groups is 1. The van der Waals surface area contributed by atoms with Crippen molar-refractivity contribution in [1.82, 2.24) is 4.98 Å². The molecule has 4 heteroatoms. The van der Waals surface area contributed by atoms with Crippen molar-refractivity contribution >= 4 is 5.97 Å². The highest BCUT2D eigenvalue weighted by molar-refractivity contribution is 5.87. The third kappa shape index (κ3) is 2.26. The second kappa shape index (κ2) is 4.00. The summed E-state index contributed by atoms with van der Waals surface area (Å²) in [5, 5.41) is 8.83. The minimum absolute atomic E-state index is 0.175. The van der Waals surface area contributed by atoms with E-state index >= 15 is 0 Å². The third-order valence-electron chi connectivity index (χ3n) is 1.58. The molecule has 0 saturated heterocycles. The number of carbonyl (C=O) groups excluding carboxylic acids is 1. The lowest BCUT2D eigenvalue weighted by molar-refractivity contribution is 0.0593. The maximum atomic E-state index is 11.1. The van der Waals surface area contributed by atoms with E-state index in [1.807, 2.05) is 6.92 Å². The molecule has 0 bridgehead atoms. The van der Waals surface area contributed by atoms with Crippen LogP contribution in [0.25, 0.3) is 0 Å². The normalized spacial score (nSPS) is 9.77. The van der Waals surface area contributed by atoms with Crippen molar-refractivity contribution in [2.45, 2.75) is 13.5 Å². The molecule has 0 unspecified atom stereocenters. The first kappa shape index (κ1) is 9.67. The van der Waals surface area contributed by atoms with E-state index in [1.54, 1.807) is 12.1 Å². The monoisotopic (exact) mass is 181 g/mol. The van der Waals surface area contributed by atoms with Crippen LogP contribution in [0.3, 0.4) is 0 Å². The van der Waals surface area contributed by atoms with E-state index in [1.165, 1.54) is 7.11 Å². The molecule has 0 aromatic carbocycles. The smallest absolute Gasteiger partial charge is 0.356 e. The van der Waals surface area contributed by atoms with Gasteiger partial charge in [-0.05, 0) is 24.6 Å². The van der Waals surface area contributed by atoms with Crippen LogP contribution in [0.2, 0.25) is 0 Å². The SMILES string of the molecule is COC(=O)c1cc(C)cc(CO)n1. The molecule has 70 valence electrons. The number of pyridine rings is 1. The van der Waals surface area contributed by atoms with Crippen LogP contribution in [0.1, 0.15) is 21.7 Å². The summed E-state index contributed by atoms with van der Waals surface area (Å²) in [6, 6.07) is 3.33. The van der Waals surface area contributed by atoms with E-state index in [4.69, 9.17) is 5.11 Å². The minimum Gasteiger partial charge on any atom is -0.464 e. The molecular formula is C9H11NO3. The lowest BCUT2D eigenvalue weighted by Crippen LogP contribution is -2.06. The van der Waals surface area contributed by atoms with Gasteiger partial charge in [0.25, 0.3) is 0 Å². The molecule has 1 aromatic rings. The maximum Gasteiger partial charge on any atom is 0.356 e. The van der Waals surface area contributed by atoms with Gasteiger partial charge in [-0.3, -0.25) is 0 Å². The number of esters is 1. The molecule has 1 heterocycles. The van der Waals surface area contributed by atoms with Crippen LogP contribution in [0.15, 0.2) is 12.1 Å². The number of nitrogens with zero attached hydrogens (tertiary/aromatic N) is 1. The van der Waals surface area contributed by atoms with Crippen molar-refractivity contribution in [2.24, 2.45) is 0 Å². The Hall–Kier alpha value is -1.42. The lowest BCUT2D eigenvalue weighted by Gasteiger charge is -2.02. The second-order valence-corrected chi connectivity index (χ2v) is 2.67. The van der Waals surface area contributed by atoms with Crippen LogP contribution >= 0.6 is 0 Å². The van der Waals surface area contributed by atoms with Gasteiger partial charge in [-0.15, -0.1) is 0 Å². The molecule has 1 aromatic heterocycles. The number of methoxy groups -OCH3 is 1. The van der Waals surface area contributed by atoms with Crippen LogP contribution in [0.5, 0.6) is 0 Å². The predicted octanol–water partition coefficient (Wildman–Crippen LogP) is 0.669. The number of hydrogen-bond acceptors (Lipinski definition) is 4. The van der Waals surface area contributed by atoms with Gasteiger partial charge in [0.2, 0.25) is 0 Å². The van der Waals surface area contributed by atoms with E-state index in [0.29, 0.717) is 5.69 Å². The van der Waals surface area contributed by atoms with Crippen molar-refractivity contribution in [3.63, 3.8) is 0 Å². The first-order valence-corrected chi connectivity index (χ1v) is 3.84. The molecule has 0 amide bonds. The van der Waals surface area contributed by atoms with Gasteiger partial charge in [-0.25, -0.2) is 9.78 Å². The van der Waals surface area contributed by atoms with Gasteiger partial charge >= 0.3 is 5.97 Å². The summed E-state index contributed by atoms with van der Waals surface area (Å²) < 4.78 is 4.51. The molecule has 1 rings (SSSR count). The molecule has 0 spiro atoms. The van der Waals surface area contributed by atoms with Gasteiger partial charge in [-0.2, -0.15) is 0 Å². The summed E-state index contributed by atoms with van der Waals surface area (Å²) in [4.78, 5) is 15.0. The molecule has 0 radical (unpaired) electrons. The minimum atomic E-state index is -0.488. The van der Waals surface area contributed by atoms with E-state index < -0.39 is 5.97 Å². The number of rotatable bonds is 2. The molecular weight excluding hydrogens is 170 g/mol. The van der Waals surface area contributed by atoms with Gasteiger partial charge in [0, 0.05) is 0 Å². The fourth-order valence-corrected chi connectivity index (χ4v) is 1.03. The van der Waals surface area contributed by atoms with Crippen LogP contribution in [-0.2, 0) is 11.3 Å². The van der Waals surface area contributed by atoms with Crippen LogP contribution in [0, 0.1) is 6.92 Å². The van der Waals surface area contributed by atoms with Crippen molar-refractivity contribution in [3.8, 4) is 0 Å². The Labute approximate surface area is 76.2 Å². The first-order valence-electron chi connectivity index (χ1n) is 3.84. The summed E-state index contributed by atoms with van der Waals surface area (Å²) in [7, 11) is 1.30. The quantitative estimate of drug-likeness (QED) is 0.681. The zero-order valence-electron chi connectivity index (χ0n) is 7.57. The van der Waals surface area contributed by atoms with Gasteiger partial charge in [0.15, 0.2) is 0 Å². The highest BCUT2D eigenvalue weighted by atomic mass is 16.5. The largest absolute Gasteiger partial charge is 0.464 e. The fourth-order valence-electron chi connectivity index (χ4n) is 1.03. The average molecular weight is 181 g/mol. The van der Waals surface area contributed by atoms with Crippen LogP contribution < -0.4 is 0 Å². The summed E-state index contributed by atoms with van der Waals surface area (Å²) in [5.41, 5.74) is 1.58. The third-order valence-corrected chi connectivity index (χ3v) is 1.58. The molecule has 4 nitrogen and oxygen atoms in total. The van der Waals surface area contributed by atoms with E-state index in [2.05, 4.69) is 9.72 Å². The number of aryl methyl sites for hydroxylation is 1. The predicted molar refractivity (Wildman–Crippen MR) is 46.2 cm³/mol.